The molecule has 0 aliphatic rings. The van der Waals surface area contributed by atoms with Crippen molar-refractivity contribution in [1.82, 2.24) is 4.98 Å². The molecule has 1 aromatic heterocycles. The number of nitrogens with zero attached hydrogens (tertiary/aromatic N) is 1. The Kier molecular flexibility index (Phi) is 5.44. The number of aromatic nitrogens is 1. The van der Waals surface area contributed by atoms with Gasteiger partial charge in [0, 0.05) is 16.8 Å². The summed E-state index contributed by atoms with van der Waals surface area (Å²) < 4.78 is 0. The molecule has 3 aromatic rings. The minimum absolute atomic E-state index is 0.00921. The van der Waals surface area contributed by atoms with Crippen molar-refractivity contribution in [3.8, 4) is 0 Å². The number of hydrogen-bond donors (Lipinski definition) is 2. The molecule has 2 N–H and O–H groups in total. The summed E-state index contributed by atoms with van der Waals surface area (Å²) in [7, 11) is 0. The van der Waals surface area contributed by atoms with Crippen molar-refractivity contribution in [3.63, 3.8) is 0 Å². The van der Waals surface area contributed by atoms with Gasteiger partial charge >= 0.3 is 5.97 Å². The van der Waals surface area contributed by atoms with Gasteiger partial charge in [-0.05, 0) is 42.8 Å². The zero-order chi connectivity index (χ0) is 19.6. The van der Waals surface area contributed by atoms with E-state index in [1.165, 1.54) is 12.1 Å². The highest BCUT2D eigenvalue weighted by Crippen LogP contribution is 2.27. The monoisotopic (exact) mass is 400 g/mol. The van der Waals surface area contributed by atoms with E-state index < -0.39 is 5.97 Å². The Morgan fingerprint density at radius 2 is 1.74 bits per heavy atom. The van der Waals surface area contributed by atoms with Crippen LogP contribution in [0.2, 0.25) is 10.2 Å². The lowest BCUT2D eigenvalue weighted by Gasteiger charge is -2.10. The Hall–Kier alpha value is -2.89. The number of ketones is 1. The summed E-state index contributed by atoms with van der Waals surface area (Å²) in [4.78, 5) is 27.9. The van der Waals surface area contributed by atoms with Crippen LogP contribution in [0.4, 0.5) is 11.5 Å². The standard InChI is InChI=1S/C20H14Cl2N2O3/c1-11-4-2-3-5-14(11)19(25)15-7-6-13(10-16(15)21)23-18-9-12(20(26)27)8-17(22)24-18/h2-10H,1H3,(H,23,24)(H,26,27). The lowest BCUT2D eigenvalue weighted by atomic mass is 9.99. The van der Waals surface area contributed by atoms with Crippen molar-refractivity contribution in [2.75, 3.05) is 5.32 Å². The van der Waals surface area contributed by atoms with Crippen LogP contribution < -0.4 is 5.32 Å². The number of hydrogen-bond acceptors (Lipinski definition) is 4. The molecule has 2 aromatic carbocycles. The Bertz CT molecular complexity index is 1050. The summed E-state index contributed by atoms with van der Waals surface area (Å²) in [5, 5.41) is 12.4. The Morgan fingerprint density at radius 3 is 2.41 bits per heavy atom. The van der Waals surface area contributed by atoms with Crippen molar-refractivity contribution >= 4 is 46.5 Å². The number of carboxylic acid groups (broad SMARTS) is 1. The Labute approximate surface area is 165 Å². The predicted octanol–water partition coefficient (Wildman–Crippen LogP) is 5.37. The number of aromatic carboxylic acids is 1. The number of halogens is 2. The topological polar surface area (TPSA) is 79.3 Å². The van der Waals surface area contributed by atoms with Crippen molar-refractivity contribution in [1.29, 1.82) is 0 Å². The van der Waals surface area contributed by atoms with Gasteiger partial charge < -0.3 is 10.4 Å². The molecule has 0 atom stereocenters. The summed E-state index contributed by atoms with van der Waals surface area (Å²) in [6, 6.07) is 14.8. The fourth-order valence-corrected chi connectivity index (χ4v) is 3.06. The molecule has 0 saturated carbocycles. The maximum Gasteiger partial charge on any atom is 0.335 e. The number of carboxylic acids is 1. The molecule has 0 aliphatic carbocycles. The van der Waals surface area contributed by atoms with Crippen LogP contribution in [0.15, 0.2) is 54.6 Å². The molecule has 7 heteroatoms. The molecule has 0 radical (unpaired) electrons. The van der Waals surface area contributed by atoms with E-state index in [1.54, 1.807) is 30.3 Å². The van der Waals surface area contributed by atoms with Crippen molar-refractivity contribution < 1.29 is 14.7 Å². The molecule has 0 saturated heterocycles. The van der Waals surface area contributed by atoms with Crippen LogP contribution in [0, 0.1) is 6.92 Å². The molecule has 0 bridgehead atoms. The van der Waals surface area contributed by atoms with Gasteiger partial charge in [0.25, 0.3) is 0 Å². The largest absolute Gasteiger partial charge is 0.478 e. The summed E-state index contributed by atoms with van der Waals surface area (Å²) in [5.74, 6) is -1.02. The smallest absolute Gasteiger partial charge is 0.335 e. The van der Waals surface area contributed by atoms with Crippen LogP contribution in [0.3, 0.4) is 0 Å². The van der Waals surface area contributed by atoms with Gasteiger partial charge in [-0.2, -0.15) is 0 Å². The van der Waals surface area contributed by atoms with Gasteiger partial charge in [-0.15, -0.1) is 0 Å². The van der Waals surface area contributed by atoms with E-state index in [0.29, 0.717) is 16.8 Å². The van der Waals surface area contributed by atoms with Gasteiger partial charge in [0.05, 0.1) is 10.6 Å². The third kappa shape index (κ3) is 4.27. The van der Waals surface area contributed by atoms with Gasteiger partial charge in [-0.1, -0.05) is 47.5 Å². The summed E-state index contributed by atoms with van der Waals surface area (Å²) in [6.45, 7) is 1.86. The van der Waals surface area contributed by atoms with E-state index in [4.69, 9.17) is 28.3 Å². The second kappa shape index (κ2) is 7.78. The molecular formula is C20H14Cl2N2O3. The molecule has 0 amide bonds. The fourth-order valence-electron chi connectivity index (χ4n) is 2.58. The molecule has 0 aliphatic heterocycles. The summed E-state index contributed by atoms with van der Waals surface area (Å²) >= 11 is 12.2. The molecule has 0 fully saturated rings. The minimum Gasteiger partial charge on any atom is -0.478 e. The molecule has 0 spiro atoms. The summed E-state index contributed by atoms with van der Waals surface area (Å²) in [5.41, 5.74) is 2.39. The number of rotatable bonds is 5. The number of nitrogens with one attached hydrogen (secondary N) is 1. The number of carbonyl (C=O) groups excluding carboxylic acids is 1. The first-order chi connectivity index (χ1) is 12.8. The second-order valence-electron chi connectivity index (χ2n) is 5.83. The third-order valence-corrected chi connectivity index (χ3v) is 4.42. The lowest BCUT2D eigenvalue weighted by molar-refractivity contribution is 0.0696. The van der Waals surface area contributed by atoms with Gasteiger partial charge in [-0.3, -0.25) is 4.79 Å². The van der Waals surface area contributed by atoms with Crippen LogP contribution in [-0.2, 0) is 0 Å². The number of benzene rings is 2. The molecule has 136 valence electrons. The first kappa shape index (κ1) is 18.9. The average molecular weight is 401 g/mol. The van der Waals surface area contributed by atoms with Crippen LogP contribution >= 0.6 is 23.2 Å². The third-order valence-electron chi connectivity index (χ3n) is 3.92. The SMILES string of the molecule is Cc1ccccc1C(=O)c1ccc(Nc2cc(C(=O)O)cc(Cl)n2)cc1Cl. The number of anilines is 2. The first-order valence-electron chi connectivity index (χ1n) is 7.93. The fraction of sp³-hybridized carbons (Fsp3) is 0.0500. The van der Waals surface area contributed by atoms with Crippen LogP contribution in [0.1, 0.15) is 31.8 Å². The average Bonchev–Trinajstić information content (AvgIpc) is 2.61. The molecule has 3 rings (SSSR count). The van der Waals surface area contributed by atoms with E-state index in [9.17, 15) is 9.59 Å². The number of carbonyl (C=O) groups is 2. The van der Waals surface area contributed by atoms with E-state index >= 15 is 0 Å². The van der Waals surface area contributed by atoms with Gasteiger partial charge in [0.2, 0.25) is 0 Å². The zero-order valence-electron chi connectivity index (χ0n) is 14.2. The van der Waals surface area contributed by atoms with Crippen LogP contribution in [0.25, 0.3) is 0 Å². The van der Waals surface area contributed by atoms with Crippen molar-refractivity contribution in [3.05, 3.63) is 87.0 Å². The predicted molar refractivity (Wildman–Crippen MR) is 106 cm³/mol. The zero-order valence-corrected chi connectivity index (χ0v) is 15.7. The molecule has 0 unspecified atom stereocenters. The first-order valence-corrected chi connectivity index (χ1v) is 8.68. The number of pyridine rings is 1. The lowest BCUT2D eigenvalue weighted by Crippen LogP contribution is -2.05. The van der Waals surface area contributed by atoms with E-state index in [2.05, 4.69) is 10.3 Å². The van der Waals surface area contributed by atoms with E-state index in [0.717, 1.165) is 5.56 Å². The van der Waals surface area contributed by atoms with Gasteiger partial charge in [0.15, 0.2) is 5.78 Å². The van der Waals surface area contributed by atoms with Gasteiger partial charge in [0.1, 0.15) is 11.0 Å². The number of aryl methyl sites for hydroxylation is 1. The highest BCUT2D eigenvalue weighted by molar-refractivity contribution is 6.35. The Morgan fingerprint density at radius 1 is 1.00 bits per heavy atom. The quantitative estimate of drug-likeness (QED) is 0.444. The second-order valence-corrected chi connectivity index (χ2v) is 6.63. The van der Waals surface area contributed by atoms with Crippen molar-refractivity contribution in [2.24, 2.45) is 0 Å². The maximum absolute atomic E-state index is 12.7. The van der Waals surface area contributed by atoms with E-state index in [1.807, 2.05) is 19.1 Å². The molecule has 1 heterocycles. The van der Waals surface area contributed by atoms with Gasteiger partial charge in [-0.25, -0.2) is 9.78 Å². The van der Waals surface area contributed by atoms with E-state index in [-0.39, 0.29) is 27.3 Å². The summed E-state index contributed by atoms with van der Waals surface area (Å²) in [6.07, 6.45) is 0. The van der Waals surface area contributed by atoms with Crippen molar-refractivity contribution in [2.45, 2.75) is 6.92 Å². The minimum atomic E-state index is -1.11. The van der Waals surface area contributed by atoms with Crippen LogP contribution in [-0.4, -0.2) is 21.8 Å². The van der Waals surface area contributed by atoms with Crippen LogP contribution in [0.5, 0.6) is 0 Å². The normalized spacial score (nSPS) is 10.5. The molecule has 5 nitrogen and oxygen atoms in total. The Balaban J connectivity index is 1.89. The molecule has 27 heavy (non-hydrogen) atoms. The highest BCUT2D eigenvalue weighted by Gasteiger charge is 2.15. The highest BCUT2D eigenvalue weighted by atomic mass is 35.5. The maximum atomic E-state index is 12.7. The molecular weight excluding hydrogens is 387 g/mol.